The average molecular weight is 490 g/mol. The van der Waals surface area contributed by atoms with Crippen LogP contribution in [0.15, 0.2) is 47.4 Å². The number of halogens is 1. The van der Waals surface area contributed by atoms with Gasteiger partial charge in [0.05, 0.1) is 11.4 Å². The van der Waals surface area contributed by atoms with Gasteiger partial charge in [-0.3, -0.25) is 9.59 Å². The zero-order valence-electron chi connectivity index (χ0n) is 18.8. The van der Waals surface area contributed by atoms with Gasteiger partial charge < -0.3 is 10.2 Å². The Balaban J connectivity index is 1.44. The molecule has 2 aromatic carbocycles. The van der Waals surface area contributed by atoms with Crippen molar-refractivity contribution in [2.45, 2.75) is 50.1 Å². The molecule has 2 aromatic rings. The summed E-state index contributed by atoms with van der Waals surface area (Å²) < 4.78 is 27.2. The third-order valence-electron chi connectivity index (χ3n) is 6.47. The minimum Gasteiger partial charge on any atom is -0.351 e. The van der Waals surface area contributed by atoms with Gasteiger partial charge in [0.1, 0.15) is 0 Å². The van der Waals surface area contributed by atoms with Crippen LogP contribution in [0, 0.1) is 5.92 Å². The SMILES string of the molecule is CC1Cc2cc(S(=O)(=O)N(C)CC(=O)NCc3ccccc3Cl)ccc2N1C(=O)C1CCC1. The Kier molecular flexibility index (Phi) is 6.79. The normalized spacial score (nSPS) is 18.2. The molecule has 0 aromatic heterocycles. The van der Waals surface area contributed by atoms with Gasteiger partial charge in [0.2, 0.25) is 21.8 Å². The van der Waals surface area contributed by atoms with Crippen molar-refractivity contribution in [3.63, 3.8) is 0 Å². The van der Waals surface area contributed by atoms with Crippen LogP contribution in [0.4, 0.5) is 5.69 Å². The number of nitrogens with zero attached hydrogens (tertiary/aromatic N) is 2. The molecule has 1 N–H and O–H groups in total. The molecule has 0 spiro atoms. The van der Waals surface area contributed by atoms with E-state index in [-0.39, 0.29) is 35.9 Å². The van der Waals surface area contributed by atoms with Crippen LogP contribution in [0.1, 0.15) is 37.3 Å². The highest BCUT2D eigenvalue weighted by Crippen LogP contribution is 2.38. The molecule has 1 aliphatic carbocycles. The van der Waals surface area contributed by atoms with Gasteiger partial charge in [-0.05, 0) is 61.6 Å². The van der Waals surface area contributed by atoms with Crippen molar-refractivity contribution in [3.8, 4) is 0 Å². The number of fused-ring (bicyclic) bond motifs is 1. The molecule has 1 heterocycles. The van der Waals surface area contributed by atoms with Gasteiger partial charge in [0.15, 0.2) is 0 Å². The summed E-state index contributed by atoms with van der Waals surface area (Å²) in [4.78, 5) is 27.1. The van der Waals surface area contributed by atoms with Crippen molar-refractivity contribution in [1.29, 1.82) is 0 Å². The van der Waals surface area contributed by atoms with Crippen molar-refractivity contribution in [2.24, 2.45) is 5.92 Å². The quantitative estimate of drug-likeness (QED) is 0.646. The third-order valence-corrected chi connectivity index (χ3v) is 8.63. The first kappa shape index (κ1) is 23.7. The van der Waals surface area contributed by atoms with Crippen LogP contribution >= 0.6 is 11.6 Å². The molecule has 2 aliphatic rings. The maximum absolute atomic E-state index is 13.1. The van der Waals surface area contributed by atoms with Gasteiger partial charge in [-0.25, -0.2) is 8.42 Å². The van der Waals surface area contributed by atoms with Crippen LogP contribution in [-0.4, -0.2) is 44.2 Å². The fourth-order valence-corrected chi connectivity index (χ4v) is 5.70. The number of carbonyl (C=O) groups is 2. The molecular weight excluding hydrogens is 462 g/mol. The van der Waals surface area contributed by atoms with E-state index in [1.54, 1.807) is 30.3 Å². The largest absolute Gasteiger partial charge is 0.351 e. The highest BCUT2D eigenvalue weighted by molar-refractivity contribution is 7.89. The Morgan fingerprint density at radius 3 is 2.58 bits per heavy atom. The highest BCUT2D eigenvalue weighted by atomic mass is 35.5. The molecule has 1 aliphatic heterocycles. The molecule has 1 saturated carbocycles. The number of sulfonamides is 1. The van der Waals surface area contributed by atoms with Crippen LogP contribution in [-0.2, 0) is 32.6 Å². The van der Waals surface area contributed by atoms with E-state index < -0.39 is 15.9 Å². The summed E-state index contributed by atoms with van der Waals surface area (Å²) in [5.74, 6) is -0.208. The van der Waals surface area contributed by atoms with Gasteiger partial charge >= 0.3 is 0 Å². The summed E-state index contributed by atoms with van der Waals surface area (Å²) in [5.41, 5.74) is 2.39. The molecule has 4 rings (SSSR count). The number of carbonyl (C=O) groups excluding carboxylic acids is 2. The van der Waals surface area contributed by atoms with E-state index in [2.05, 4.69) is 5.32 Å². The second-order valence-corrected chi connectivity index (χ2v) is 11.3. The van der Waals surface area contributed by atoms with Gasteiger partial charge in [-0.2, -0.15) is 4.31 Å². The number of anilines is 1. The predicted molar refractivity (Wildman–Crippen MR) is 128 cm³/mol. The lowest BCUT2D eigenvalue weighted by Gasteiger charge is -2.32. The lowest BCUT2D eigenvalue weighted by atomic mass is 9.84. The zero-order chi connectivity index (χ0) is 23.8. The molecule has 1 unspecified atom stereocenters. The van der Waals surface area contributed by atoms with Gasteiger partial charge in [-0.1, -0.05) is 36.2 Å². The van der Waals surface area contributed by atoms with E-state index in [0.717, 1.165) is 40.4 Å². The Bertz CT molecular complexity index is 1180. The van der Waals surface area contributed by atoms with Crippen LogP contribution in [0.2, 0.25) is 5.02 Å². The molecule has 0 radical (unpaired) electrons. The lowest BCUT2D eigenvalue weighted by Crippen LogP contribution is -2.42. The number of nitrogens with one attached hydrogen (secondary N) is 1. The Labute approximate surface area is 199 Å². The van der Waals surface area contributed by atoms with Crippen LogP contribution < -0.4 is 10.2 Å². The van der Waals surface area contributed by atoms with Gasteiger partial charge in [0, 0.05) is 36.3 Å². The van der Waals surface area contributed by atoms with Crippen LogP contribution in [0.25, 0.3) is 0 Å². The Morgan fingerprint density at radius 1 is 1.18 bits per heavy atom. The minimum absolute atomic E-state index is 0.000581. The summed E-state index contributed by atoms with van der Waals surface area (Å²) in [6.07, 6.45) is 3.54. The van der Waals surface area contributed by atoms with E-state index in [1.807, 2.05) is 17.9 Å². The van der Waals surface area contributed by atoms with Gasteiger partial charge in [0.25, 0.3) is 0 Å². The van der Waals surface area contributed by atoms with E-state index in [9.17, 15) is 18.0 Å². The molecule has 0 bridgehead atoms. The molecule has 7 nitrogen and oxygen atoms in total. The summed E-state index contributed by atoms with van der Waals surface area (Å²) in [6, 6.07) is 12.0. The third kappa shape index (κ3) is 4.78. The standard InChI is InChI=1S/C24H28ClN3O4S/c1-16-12-19-13-20(10-11-22(19)28(16)24(30)17-7-5-8-17)33(31,32)27(2)15-23(29)26-14-18-6-3-4-9-21(18)25/h3-4,6,9-11,13,16-17H,5,7-8,12,14-15H2,1-2H3,(H,26,29). The van der Waals surface area contributed by atoms with Crippen LogP contribution in [0.3, 0.4) is 0 Å². The molecule has 176 valence electrons. The van der Waals surface area contributed by atoms with E-state index in [4.69, 9.17) is 11.6 Å². The smallest absolute Gasteiger partial charge is 0.243 e. The number of benzene rings is 2. The fraction of sp³-hybridized carbons (Fsp3) is 0.417. The first-order chi connectivity index (χ1) is 15.7. The van der Waals surface area contributed by atoms with E-state index in [0.29, 0.717) is 11.4 Å². The molecular formula is C24H28ClN3O4S. The molecule has 33 heavy (non-hydrogen) atoms. The maximum atomic E-state index is 13.1. The summed E-state index contributed by atoms with van der Waals surface area (Å²) in [6.45, 7) is 1.89. The van der Waals surface area contributed by atoms with Crippen molar-refractivity contribution >= 4 is 39.1 Å². The monoisotopic (exact) mass is 489 g/mol. The number of rotatable bonds is 7. The number of hydrogen-bond acceptors (Lipinski definition) is 4. The van der Waals surface area contributed by atoms with Gasteiger partial charge in [-0.15, -0.1) is 0 Å². The predicted octanol–water partition coefficient (Wildman–Crippen LogP) is 3.35. The second-order valence-electron chi connectivity index (χ2n) is 8.81. The molecule has 1 atom stereocenters. The summed E-state index contributed by atoms with van der Waals surface area (Å²) in [7, 11) is -2.49. The Morgan fingerprint density at radius 2 is 1.91 bits per heavy atom. The molecule has 1 fully saturated rings. The highest BCUT2D eigenvalue weighted by Gasteiger charge is 2.37. The van der Waals surface area contributed by atoms with Crippen molar-refractivity contribution in [1.82, 2.24) is 9.62 Å². The number of likely N-dealkylation sites (N-methyl/N-ethyl adjacent to an activating group) is 1. The molecule has 2 amide bonds. The second kappa shape index (κ2) is 9.44. The topological polar surface area (TPSA) is 86.8 Å². The summed E-state index contributed by atoms with van der Waals surface area (Å²) >= 11 is 6.10. The van der Waals surface area contributed by atoms with Crippen molar-refractivity contribution in [2.75, 3.05) is 18.5 Å². The van der Waals surface area contributed by atoms with E-state index in [1.165, 1.54) is 13.1 Å². The number of hydrogen-bond donors (Lipinski definition) is 1. The fourth-order valence-electron chi connectivity index (χ4n) is 4.31. The van der Waals surface area contributed by atoms with Crippen molar-refractivity contribution < 1.29 is 18.0 Å². The van der Waals surface area contributed by atoms with Crippen molar-refractivity contribution in [3.05, 3.63) is 58.6 Å². The zero-order valence-corrected chi connectivity index (χ0v) is 20.3. The first-order valence-electron chi connectivity index (χ1n) is 11.1. The minimum atomic E-state index is -3.87. The average Bonchev–Trinajstić information content (AvgIpc) is 3.06. The van der Waals surface area contributed by atoms with E-state index >= 15 is 0 Å². The Hall–Kier alpha value is -2.42. The number of amides is 2. The lowest BCUT2D eigenvalue weighted by molar-refractivity contribution is -0.125. The molecule has 0 saturated heterocycles. The first-order valence-corrected chi connectivity index (χ1v) is 12.9. The maximum Gasteiger partial charge on any atom is 0.243 e. The van der Waals surface area contributed by atoms with Crippen LogP contribution in [0.5, 0.6) is 0 Å². The summed E-state index contributed by atoms with van der Waals surface area (Å²) in [5, 5.41) is 3.25. The molecule has 9 heteroatoms.